The average Bonchev–Trinajstić information content (AvgIpc) is 2.73. The van der Waals surface area contributed by atoms with Gasteiger partial charge in [0.25, 0.3) is 0 Å². The number of fused-ring (bicyclic) bond motifs is 1. The van der Waals surface area contributed by atoms with Crippen LogP contribution in [0, 0.1) is 11.3 Å². The largest absolute Gasteiger partial charge is 0.435 e. The SMILES string of the molecule is N#Cc1cnc2ccc(OC(F)F)cc2c1N1CCC(O)(c2ccccc2Cl)CC1. The maximum absolute atomic E-state index is 12.7. The summed E-state index contributed by atoms with van der Waals surface area (Å²) in [6.45, 7) is -2.04. The Bertz CT molecular complexity index is 1130. The molecule has 1 aromatic heterocycles. The highest BCUT2D eigenvalue weighted by atomic mass is 35.5. The van der Waals surface area contributed by atoms with Crippen molar-refractivity contribution in [2.45, 2.75) is 25.1 Å². The number of halogens is 3. The number of nitrogens with zero attached hydrogens (tertiary/aromatic N) is 3. The third kappa shape index (κ3) is 3.76. The summed E-state index contributed by atoms with van der Waals surface area (Å²) in [6, 6.07) is 13.8. The molecule has 0 atom stereocenters. The Labute approximate surface area is 177 Å². The minimum Gasteiger partial charge on any atom is -0.435 e. The van der Waals surface area contributed by atoms with E-state index in [0.29, 0.717) is 58.7 Å². The molecule has 0 saturated carbocycles. The lowest BCUT2D eigenvalue weighted by molar-refractivity contribution is -0.0497. The molecule has 1 saturated heterocycles. The lowest BCUT2D eigenvalue weighted by Crippen LogP contribution is -2.43. The lowest BCUT2D eigenvalue weighted by Gasteiger charge is -2.40. The van der Waals surface area contributed by atoms with E-state index < -0.39 is 12.2 Å². The van der Waals surface area contributed by atoms with Crippen LogP contribution in [-0.2, 0) is 5.60 Å². The highest BCUT2D eigenvalue weighted by Crippen LogP contribution is 2.40. The standard InChI is InChI=1S/C22H18ClF2N3O2/c23-18-4-2-1-3-17(18)22(29)7-9-28(10-8-22)20-14(12-26)13-27-19-6-5-15(11-16(19)20)30-21(24)25/h1-6,11,13,21,29H,7-10H2. The molecule has 1 N–H and O–H groups in total. The fraction of sp³-hybridized carbons (Fsp3) is 0.273. The number of aromatic nitrogens is 1. The highest BCUT2D eigenvalue weighted by Gasteiger charge is 2.36. The summed E-state index contributed by atoms with van der Waals surface area (Å²) in [7, 11) is 0. The summed E-state index contributed by atoms with van der Waals surface area (Å²) in [5.41, 5.74) is 1.11. The van der Waals surface area contributed by atoms with E-state index in [4.69, 9.17) is 11.6 Å². The molecule has 1 fully saturated rings. The second-order valence-corrected chi connectivity index (χ2v) is 7.60. The number of pyridine rings is 1. The van der Waals surface area contributed by atoms with E-state index in [2.05, 4.69) is 15.8 Å². The number of anilines is 1. The number of ether oxygens (including phenoxy) is 1. The fourth-order valence-electron chi connectivity index (χ4n) is 3.96. The molecule has 1 aliphatic rings. The molecule has 0 bridgehead atoms. The Morgan fingerprint density at radius 1 is 1.20 bits per heavy atom. The van der Waals surface area contributed by atoms with Crippen LogP contribution in [0.15, 0.2) is 48.7 Å². The Morgan fingerprint density at radius 2 is 1.93 bits per heavy atom. The van der Waals surface area contributed by atoms with Gasteiger partial charge in [0.05, 0.1) is 22.4 Å². The molecule has 3 aromatic rings. The molecule has 8 heteroatoms. The number of rotatable bonds is 4. The number of piperidine rings is 1. The first-order chi connectivity index (χ1) is 14.4. The van der Waals surface area contributed by atoms with Crippen LogP contribution in [0.25, 0.3) is 10.9 Å². The van der Waals surface area contributed by atoms with Crippen LogP contribution in [0.3, 0.4) is 0 Å². The molecule has 4 rings (SSSR count). The molecule has 0 aliphatic carbocycles. The summed E-state index contributed by atoms with van der Waals surface area (Å²) in [4.78, 5) is 6.23. The molecular formula is C22H18ClF2N3O2. The number of hydrogen-bond acceptors (Lipinski definition) is 5. The first kappa shape index (κ1) is 20.3. The minimum absolute atomic E-state index is 0.000205. The minimum atomic E-state index is -2.95. The highest BCUT2D eigenvalue weighted by molar-refractivity contribution is 6.31. The zero-order chi connectivity index (χ0) is 21.3. The van der Waals surface area contributed by atoms with Crippen molar-refractivity contribution >= 4 is 28.2 Å². The van der Waals surface area contributed by atoms with Gasteiger partial charge in [0, 0.05) is 35.3 Å². The van der Waals surface area contributed by atoms with Crippen molar-refractivity contribution in [3.63, 3.8) is 0 Å². The van der Waals surface area contributed by atoms with Crippen molar-refractivity contribution in [3.05, 3.63) is 64.8 Å². The lowest BCUT2D eigenvalue weighted by atomic mass is 9.84. The molecule has 0 spiro atoms. The van der Waals surface area contributed by atoms with Gasteiger partial charge < -0.3 is 14.7 Å². The van der Waals surface area contributed by atoms with Crippen molar-refractivity contribution in [1.29, 1.82) is 5.26 Å². The molecular weight excluding hydrogens is 412 g/mol. The Balaban J connectivity index is 1.70. The first-order valence-electron chi connectivity index (χ1n) is 9.41. The van der Waals surface area contributed by atoms with Gasteiger partial charge in [-0.05, 0) is 37.1 Å². The summed E-state index contributed by atoms with van der Waals surface area (Å²) in [5, 5.41) is 21.8. The van der Waals surface area contributed by atoms with Crippen LogP contribution in [0.1, 0.15) is 24.0 Å². The normalized spacial score (nSPS) is 15.9. The van der Waals surface area contributed by atoms with E-state index in [9.17, 15) is 19.1 Å². The van der Waals surface area contributed by atoms with E-state index in [1.807, 2.05) is 23.1 Å². The van der Waals surface area contributed by atoms with Crippen molar-refractivity contribution < 1.29 is 18.6 Å². The summed E-state index contributed by atoms with van der Waals surface area (Å²) in [5.74, 6) is 0.000205. The van der Waals surface area contributed by atoms with Crippen LogP contribution < -0.4 is 9.64 Å². The van der Waals surface area contributed by atoms with Gasteiger partial charge >= 0.3 is 6.61 Å². The maximum atomic E-state index is 12.7. The van der Waals surface area contributed by atoms with Gasteiger partial charge in [-0.3, -0.25) is 4.98 Å². The van der Waals surface area contributed by atoms with Gasteiger partial charge in [0.15, 0.2) is 0 Å². The number of benzene rings is 2. The van der Waals surface area contributed by atoms with Gasteiger partial charge in [-0.25, -0.2) is 0 Å². The Morgan fingerprint density at radius 3 is 2.60 bits per heavy atom. The third-order valence-corrected chi connectivity index (χ3v) is 5.77. The van der Waals surface area contributed by atoms with E-state index in [1.165, 1.54) is 18.3 Å². The molecule has 154 valence electrons. The molecule has 0 amide bonds. The van der Waals surface area contributed by atoms with Gasteiger partial charge in [0.2, 0.25) is 0 Å². The van der Waals surface area contributed by atoms with Gasteiger partial charge in [-0.1, -0.05) is 29.8 Å². The second-order valence-electron chi connectivity index (χ2n) is 7.19. The zero-order valence-corrected chi connectivity index (χ0v) is 16.6. The van der Waals surface area contributed by atoms with Gasteiger partial charge in [0.1, 0.15) is 11.8 Å². The predicted molar refractivity (Wildman–Crippen MR) is 110 cm³/mol. The second kappa shape index (κ2) is 8.05. The third-order valence-electron chi connectivity index (χ3n) is 5.44. The van der Waals surface area contributed by atoms with Crippen LogP contribution in [0.5, 0.6) is 5.75 Å². The van der Waals surface area contributed by atoms with Gasteiger partial charge in [-0.15, -0.1) is 0 Å². The fourth-order valence-corrected chi connectivity index (χ4v) is 4.28. The van der Waals surface area contributed by atoms with Crippen LogP contribution in [-0.4, -0.2) is 29.8 Å². The number of hydrogen-bond donors (Lipinski definition) is 1. The van der Waals surface area contributed by atoms with Crippen molar-refractivity contribution in [2.24, 2.45) is 0 Å². The molecule has 0 unspecified atom stereocenters. The number of aliphatic hydroxyl groups is 1. The smallest absolute Gasteiger partial charge is 0.387 e. The topological polar surface area (TPSA) is 69.4 Å². The van der Waals surface area contributed by atoms with Crippen LogP contribution in [0.4, 0.5) is 14.5 Å². The van der Waals surface area contributed by atoms with Crippen molar-refractivity contribution in [3.8, 4) is 11.8 Å². The average molecular weight is 430 g/mol. The van der Waals surface area contributed by atoms with E-state index in [1.54, 1.807) is 12.1 Å². The number of nitriles is 1. The predicted octanol–water partition coefficient (Wildman–Crippen LogP) is 4.85. The molecule has 30 heavy (non-hydrogen) atoms. The van der Waals surface area contributed by atoms with E-state index in [0.717, 1.165) is 0 Å². The molecule has 0 radical (unpaired) electrons. The molecule has 5 nitrogen and oxygen atoms in total. The Hall–Kier alpha value is -2.95. The monoisotopic (exact) mass is 429 g/mol. The van der Waals surface area contributed by atoms with Crippen LogP contribution in [0.2, 0.25) is 5.02 Å². The Kier molecular flexibility index (Phi) is 5.46. The summed E-state index contributed by atoms with van der Waals surface area (Å²) >= 11 is 6.29. The molecule has 2 aromatic carbocycles. The van der Waals surface area contributed by atoms with Crippen LogP contribution >= 0.6 is 11.6 Å². The summed E-state index contributed by atoms with van der Waals surface area (Å²) < 4.78 is 29.8. The van der Waals surface area contributed by atoms with E-state index in [-0.39, 0.29) is 5.75 Å². The first-order valence-corrected chi connectivity index (χ1v) is 9.79. The molecule has 1 aliphatic heterocycles. The van der Waals surface area contributed by atoms with Crippen molar-refractivity contribution in [2.75, 3.05) is 18.0 Å². The van der Waals surface area contributed by atoms with E-state index >= 15 is 0 Å². The number of alkyl halides is 2. The quantitative estimate of drug-likeness (QED) is 0.642. The maximum Gasteiger partial charge on any atom is 0.387 e. The van der Waals surface area contributed by atoms with Gasteiger partial charge in [-0.2, -0.15) is 14.0 Å². The zero-order valence-electron chi connectivity index (χ0n) is 15.9. The molecule has 2 heterocycles. The van der Waals surface area contributed by atoms with Crippen molar-refractivity contribution in [1.82, 2.24) is 4.98 Å². The summed E-state index contributed by atoms with van der Waals surface area (Å²) in [6.07, 6.45) is 2.28.